The summed E-state index contributed by atoms with van der Waals surface area (Å²) >= 11 is 8.10. The fourth-order valence-corrected chi connectivity index (χ4v) is 4.08. The first-order chi connectivity index (χ1) is 11.2. The summed E-state index contributed by atoms with van der Waals surface area (Å²) in [6.07, 6.45) is 3.30. The van der Waals surface area contributed by atoms with Crippen molar-refractivity contribution in [3.8, 4) is 6.07 Å². The van der Waals surface area contributed by atoms with Gasteiger partial charge in [0.25, 0.3) is 0 Å². The summed E-state index contributed by atoms with van der Waals surface area (Å²) in [6, 6.07) is 2.14. The second-order valence-electron chi connectivity index (χ2n) is 6.92. The molecule has 1 aliphatic rings. The minimum Gasteiger partial charge on any atom is -0.281 e. The van der Waals surface area contributed by atoms with Gasteiger partial charge >= 0.3 is 0 Å². The van der Waals surface area contributed by atoms with Gasteiger partial charge in [-0.1, -0.05) is 38.0 Å². The van der Waals surface area contributed by atoms with Crippen LogP contribution in [0.1, 0.15) is 53.9 Å². The Balaban J connectivity index is 0.000000922. The summed E-state index contributed by atoms with van der Waals surface area (Å²) in [7, 11) is 1.06. The van der Waals surface area contributed by atoms with E-state index in [2.05, 4.69) is 37.3 Å². The lowest BCUT2D eigenvalue weighted by atomic mass is 9.79. The predicted octanol–water partition coefficient (Wildman–Crippen LogP) is 4.23. The summed E-state index contributed by atoms with van der Waals surface area (Å²) in [4.78, 5) is 26.0. The van der Waals surface area contributed by atoms with E-state index in [0.29, 0.717) is 12.5 Å². The van der Waals surface area contributed by atoms with Crippen molar-refractivity contribution < 1.29 is 9.59 Å². The molecule has 1 heterocycles. The lowest BCUT2D eigenvalue weighted by Crippen LogP contribution is -2.36. The van der Waals surface area contributed by atoms with Crippen molar-refractivity contribution in [2.45, 2.75) is 59.1 Å². The quantitative estimate of drug-likeness (QED) is 0.388. The Morgan fingerprint density at radius 2 is 1.92 bits per heavy atom. The molecule has 0 bridgehead atoms. The molecule has 2 amide bonds. The monoisotopic (exact) mass is 390 g/mol. The van der Waals surface area contributed by atoms with Crippen LogP contribution < -0.4 is 0 Å². The molecular weight excluding hydrogens is 360 g/mol. The maximum absolute atomic E-state index is 12.4. The third-order valence-corrected chi connectivity index (χ3v) is 5.66. The van der Waals surface area contributed by atoms with E-state index in [1.54, 1.807) is 13.8 Å². The molecule has 7 heteroatoms. The summed E-state index contributed by atoms with van der Waals surface area (Å²) in [5.41, 5.74) is -0.861. The lowest BCUT2D eigenvalue weighted by Gasteiger charge is -2.24. The summed E-state index contributed by atoms with van der Waals surface area (Å²) in [5, 5.41) is 8.65. The molecule has 1 saturated heterocycles. The van der Waals surface area contributed by atoms with Crippen LogP contribution >= 0.6 is 35.1 Å². The minimum atomic E-state index is -0.861. The summed E-state index contributed by atoms with van der Waals surface area (Å²) in [5.74, 6) is 0.407. The molecule has 2 atom stereocenters. The van der Waals surface area contributed by atoms with Crippen LogP contribution in [0, 0.1) is 28.6 Å². The second-order valence-corrected chi connectivity index (χ2v) is 8.72. The van der Waals surface area contributed by atoms with E-state index in [4.69, 9.17) is 0 Å². The third-order valence-electron chi connectivity index (χ3n) is 3.97. The van der Waals surface area contributed by atoms with Crippen molar-refractivity contribution in [2.75, 3.05) is 12.3 Å². The van der Waals surface area contributed by atoms with Crippen LogP contribution in [0.15, 0.2) is 0 Å². The van der Waals surface area contributed by atoms with Crippen LogP contribution in [-0.4, -0.2) is 34.3 Å². The average Bonchev–Trinajstić information content (AvgIpc) is 2.77. The fourth-order valence-electron chi connectivity index (χ4n) is 2.33. The molecule has 0 aromatic rings. The van der Waals surface area contributed by atoms with Crippen LogP contribution in [0.2, 0.25) is 0 Å². The molecule has 0 N–H and O–H groups in total. The molecule has 0 aromatic heterocycles. The van der Waals surface area contributed by atoms with Crippen LogP contribution in [0.25, 0.3) is 0 Å². The maximum atomic E-state index is 12.4. The van der Waals surface area contributed by atoms with Gasteiger partial charge in [0.1, 0.15) is 5.25 Å². The topological polar surface area (TPSA) is 61.2 Å². The molecule has 1 aliphatic heterocycles. The van der Waals surface area contributed by atoms with E-state index in [1.165, 1.54) is 17.7 Å². The first-order valence-corrected chi connectivity index (χ1v) is 10.9. The van der Waals surface area contributed by atoms with Gasteiger partial charge in [0.15, 0.2) is 0 Å². The van der Waals surface area contributed by atoms with Crippen LogP contribution in [0.3, 0.4) is 0 Å². The summed E-state index contributed by atoms with van der Waals surface area (Å²) in [6.45, 7) is 10.1. The number of rotatable bonds is 7. The maximum Gasteiger partial charge on any atom is 0.244 e. The molecule has 0 aromatic carbocycles. The average molecular weight is 391 g/mol. The first kappa shape index (κ1) is 23.7. The molecule has 1 fully saturated rings. The highest BCUT2D eigenvalue weighted by atomic mass is 33.1. The molecule has 4 nitrogen and oxygen atoms in total. The van der Waals surface area contributed by atoms with E-state index < -0.39 is 16.6 Å². The number of unbranched alkanes of at least 4 members (excludes halogenated alkanes) is 1. The number of carbonyl (C=O) groups is 2. The van der Waals surface area contributed by atoms with Gasteiger partial charge in [0.05, 0.1) is 17.4 Å². The minimum absolute atomic E-state index is 0.209. The van der Waals surface area contributed by atoms with Gasteiger partial charge in [-0.25, -0.2) is 0 Å². The number of likely N-dealkylation sites (tertiary alicyclic amines) is 1. The number of thiol groups is 2. The Labute approximate surface area is 161 Å². The third kappa shape index (κ3) is 6.53. The molecule has 0 spiro atoms. The highest BCUT2D eigenvalue weighted by Gasteiger charge is 2.54. The molecule has 1 rings (SSSR count). The highest BCUT2D eigenvalue weighted by Crippen LogP contribution is 2.42. The van der Waals surface area contributed by atoms with Crippen molar-refractivity contribution >= 4 is 46.9 Å². The van der Waals surface area contributed by atoms with Gasteiger partial charge in [0.2, 0.25) is 11.8 Å². The van der Waals surface area contributed by atoms with Crippen LogP contribution in [-0.2, 0) is 9.59 Å². The van der Waals surface area contributed by atoms with Gasteiger partial charge in [-0.15, -0.1) is 11.7 Å². The molecule has 0 saturated carbocycles. The number of hydrogen-bond acceptors (Lipinski definition) is 6. The van der Waals surface area contributed by atoms with Crippen molar-refractivity contribution in [1.29, 1.82) is 5.26 Å². The van der Waals surface area contributed by atoms with Gasteiger partial charge in [-0.2, -0.15) is 17.9 Å². The van der Waals surface area contributed by atoms with Crippen LogP contribution in [0.5, 0.6) is 0 Å². The smallest absolute Gasteiger partial charge is 0.244 e. The largest absolute Gasteiger partial charge is 0.281 e. The molecular formula is C17H30N2O2S3. The Bertz CT molecular complexity index is 459. The van der Waals surface area contributed by atoms with Gasteiger partial charge in [0, 0.05) is 6.54 Å². The van der Waals surface area contributed by atoms with Crippen molar-refractivity contribution in [3.63, 3.8) is 0 Å². The molecule has 138 valence electrons. The number of hydrogen-bond donors (Lipinski definition) is 2. The van der Waals surface area contributed by atoms with Gasteiger partial charge in [-0.05, 0) is 38.4 Å². The Kier molecular flexibility index (Phi) is 11.2. The van der Waals surface area contributed by atoms with Crippen molar-refractivity contribution in [3.05, 3.63) is 0 Å². The van der Waals surface area contributed by atoms with Crippen LogP contribution in [0.4, 0.5) is 0 Å². The molecule has 0 radical (unpaired) electrons. The number of amides is 2. The lowest BCUT2D eigenvalue weighted by molar-refractivity contribution is -0.140. The number of imide groups is 1. The predicted molar refractivity (Wildman–Crippen MR) is 108 cm³/mol. The van der Waals surface area contributed by atoms with E-state index >= 15 is 0 Å². The number of nitriles is 1. The number of nitrogens with zero attached hydrogens (tertiary/aromatic N) is 2. The number of carbonyl (C=O) groups excluding carboxylic acids is 2. The molecule has 0 aliphatic carbocycles. The SMILES string of the molecule is CC(C)CCN1C(=O)C(SS)C(C(C)(C)C#N)C1=O.CCCCS. The van der Waals surface area contributed by atoms with E-state index in [1.807, 2.05) is 13.8 Å². The Morgan fingerprint density at radius 1 is 1.33 bits per heavy atom. The normalized spacial score (nSPS) is 20.9. The van der Waals surface area contributed by atoms with Gasteiger partial charge in [-0.3, -0.25) is 14.5 Å². The van der Waals surface area contributed by atoms with E-state index in [9.17, 15) is 14.9 Å². The van der Waals surface area contributed by atoms with Gasteiger partial charge < -0.3 is 0 Å². The standard InChI is InChI=1S/C13H20N2O2S2.C4H10S/c1-8(2)5-6-15-11(16)9(13(3,4)7-14)10(19-18)12(15)17;1-2-3-4-5/h8-10,18H,5-6H2,1-4H3;5H,2-4H2,1H3. The zero-order valence-electron chi connectivity index (χ0n) is 15.3. The van der Waals surface area contributed by atoms with E-state index in [-0.39, 0.29) is 11.8 Å². The van der Waals surface area contributed by atoms with E-state index in [0.717, 1.165) is 23.0 Å². The Hall–Kier alpha value is -0.320. The fraction of sp³-hybridized carbons (Fsp3) is 0.824. The zero-order chi connectivity index (χ0) is 18.9. The summed E-state index contributed by atoms with van der Waals surface area (Å²) < 4.78 is 0. The highest BCUT2D eigenvalue weighted by molar-refractivity contribution is 8.69. The molecule has 24 heavy (non-hydrogen) atoms. The zero-order valence-corrected chi connectivity index (χ0v) is 17.9. The first-order valence-electron chi connectivity index (χ1n) is 8.35. The second kappa shape index (κ2) is 11.3. The Morgan fingerprint density at radius 3 is 2.25 bits per heavy atom. The van der Waals surface area contributed by atoms with Crippen molar-refractivity contribution in [2.24, 2.45) is 17.3 Å². The molecule has 2 unspecified atom stereocenters. The van der Waals surface area contributed by atoms with Crippen molar-refractivity contribution in [1.82, 2.24) is 4.90 Å².